The number of esters is 1. The number of hydrogen-bond acceptors (Lipinski definition) is 5. The van der Waals surface area contributed by atoms with Crippen LogP contribution in [0, 0.1) is 0 Å². The minimum Gasteiger partial charge on any atom is -0.465 e. The zero-order chi connectivity index (χ0) is 18.6. The fraction of sp³-hybridized carbons (Fsp3) is 0.722. The first-order chi connectivity index (χ1) is 11.3. The Hall–Kier alpha value is -0.900. The van der Waals surface area contributed by atoms with Gasteiger partial charge >= 0.3 is 13.6 Å². The van der Waals surface area contributed by atoms with Crippen molar-refractivity contribution in [3.63, 3.8) is 0 Å². The fourth-order valence-corrected chi connectivity index (χ4v) is 4.02. The van der Waals surface area contributed by atoms with Crippen LogP contribution in [0.3, 0.4) is 0 Å². The lowest BCUT2D eigenvalue weighted by atomic mass is 10.1. The molecular weight excluding hydrogens is 327 g/mol. The summed E-state index contributed by atoms with van der Waals surface area (Å²) in [6.07, 6.45) is 6.24. The highest BCUT2D eigenvalue weighted by Gasteiger charge is 2.41. The minimum atomic E-state index is -3.54. The summed E-state index contributed by atoms with van der Waals surface area (Å²) in [5.41, 5.74) is 1.50. The first-order valence-electron chi connectivity index (χ1n) is 8.65. The zero-order valence-electron chi connectivity index (χ0n) is 16.0. The van der Waals surface area contributed by atoms with Crippen LogP contribution < -0.4 is 0 Å². The second-order valence-electron chi connectivity index (χ2n) is 5.75. The topological polar surface area (TPSA) is 61.8 Å². The molecule has 6 heteroatoms. The van der Waals surface area contributed by atoms with Gasteiger partial charge in [-0.15, -0.1) is 0 Å². The van der Waals surface area contributed by atoms with Crippen molar-refractivity contribution in [2.45, 2.75) is 66.5 Å². The van der Waals surface area contributed by atoms with Crippen LogP contribution >= 0.6 is 7.60 Å². The fourth-order valence-electron chi connectivity index (χ4n) is 2.17. The third-order valence-electron chi connectivity index (χ3n) is 3.34. The van der Waals surface area contributed by atoms with Gasteiger partial charge in [0.05, 0.1) is 19.8 Å². The standard InChI is InChI=1S/C18H33O5P/c1-7-21-18(19)17(24(20,22-8-2)23-9-3)14-13-16(6)12-10-11-15(4)5/h11,13,17H,7-10,12,14H2,1-6H3/b16-13+. The molecule has 0 aromatic heterocycles. The van der Waals surface area contributed by atoms with E-state index in [9.17, 15) is 9.36 Å². The average molecular weight is 360 g/mol. The summed E-state index contributed by atoms with van der Waals surface area (Å²) in [5, 5.41) is 0. The second-order valence-corrected chi connectivity index (χ2v) is 7.97. The number of hydrogen-bond donors (Lipinski definition) is 0. The highest BCUT2D eigenvalue weighted by Crippen LogP contribution is 2.54. The largest absolute Gasteiger partial charge is 0.465 e. The van der Waals surface area contributed by atoms with E-state index in [0.717, 1.165) is 18.4 Å². The van der Waals surface area contributed by atoms with Gasteiger partial charge in [-0.05, 0) is 60.8 Å². The molecule has 0 bridgehead atoms. The van der Waals surface area contributed by atoms with Crippen molar-refractivity contribution >= 4 is 13.6 Å². The van der Waals surface area contributed by atoms with E-state index in [-0.39, 0.29) is 26.2 Å². The summed E-state index contributed by atoms with van der Waals surface area (Å²) in [4.78, 5) is 12.3. The smallest absolute Gasteiger partial charge is 0.345 e. The summed E-state index contributed by atoms with van der Waals surface area (Å²) in [5.74, 6) is -0.531. The molecule has 0 fully saturated rings. The quantitative estimate of drug-likeness (QED) is 0.270. The Bertz CT molecular complexity index is 468. The molecule has 1 unspecified atom stereocenters. The van der Waals surface area contributed by atoms with Crippen LogP contribution in [0.25, 0.3) is 0 Å². The summed E-state index contributed by atoms with van der Waals surface area (Å²) in [6, 6.07) is 0. The lowest BCUT2D eigenvalue weighted by Gasteiger charge is -2.24. The number of carbonyl (C=O) groups excluding carboxylic acids is 1. The van der Waals surface area contributed by atoms with Gasteiger partial charge in [0.15, 0.2) is 5.66 Å². The molecule has 0 N–H and O–H groups in total. The highest BCUT2D eigenvalue weighted by molar-refractivity contribution is 7.55. The minimum absolute atomic E-state index is 0.219. The molecule has 0 radical (unpaired) electrons. The average Bonchev–Trinajstić information content (AvgIpc) is 2.47. The lowest BCUT2D eigenvalue weighted by Crippen LogP contribution is -2.25. The van der Waals surface area contributed by atoms with Crippen LogP contribution in [0.4, 0.5) is 0 Å². The van der Waals surface area contributed by atoms with Gasteiger partial charge in [0.25, 0.3) is 0 Å². The monoisotopic (exact) mass is 360 g/mol. The molecule has 0 aliphatic rings. The maximum atomic E-state index is 13.0. The molecule has 0 amide bonds. The van der Waals surface area contributed by atoms with Crippen LogP contribution in [0.1, 0.15) is 60.8 Å². The molecule has 0 saturated carbocycles. The van der Waals surface area contributed by atoms with Gasteiger partial charge in [-0.3, -0.25) is 9.36 Å². The number of ether oxygens (including phenoxy) is 1. The number of rotatable bonds is 12. The molecule has 140 valence electrons. The molecule has 5 nitrogen and oxygen atoms in total. The molecule has 0 aromatic carbocycles. The predicted octanol–water partition coefficient (Wildman–Crippen LogP) is 5.27. The van der Waals surface area contributed by atoms with Gasteiger partial charge in [-0.25, -0.2) is 0 Å². The van der Waals surface area contributed by atoms with E-state index in [4.69, 9.17) is 13.8 Å². The van der Waals surface area contributed by atoms with E-state index in [2.05, 4.69) is 19.9 Å². The Morgan fingerprint density at radius 2 is 1.58 bits per heavy atom. The van der Waals surface area contributed by atoms with E-state index in [1.54, 1.807) is 20.8 Å². The first kappa shape index (κ1) is 23.1. The van der Waals surface area contributed by atoms with Gasteiger partial charge in [0, 0.05) is 0 Å². The van der Waals surface area contributed by atoms with Crippen molar-refractivity contribution in [2.75, 3.05) is 19.8 Å². The Morgan fingerprint density at radius 3 is 2.04 bits per heavy atom. The summed E-state index contributed by atoms with van der Waals surface area (Å²) < 4.78 is 28.7. The summed E-state index contributed by atoms with van der Waals surface area (Å²) in [7, 11) is -3.54. The van der Waals surface area contributed by atoms with E-state index < -0.39 is 19.2 Å². The van der Waals surface area contributed by atoms with Crippen LogP contribution in [-0.2, 0) is 23.1 Å². The van der Waals surface area contributed by atoms with Crippen LogP contribution in [0.15, 0.2) is 23.3 Å². The van der Waals surface area contributed by atoms with Crippen LogP contribution in [0.5, 0.6) is 0 Å². The van der Waals surface area contributed by atoms with Crippen molar-refractivity contribution in [1.29, 1.82) is 0 Å². The Kier molecular flexibility index (Phi) is 12.0. The lowest BCUT2D eigenvalue weighted by molar-refractivity contribution is -0.143. The number of allylic oxidation sites excluding steroid dienone is 4. The molecule has 0 aliphatic carbocycles. The molecule has 0 aliphatic heterocycles. The van der Waals surface area contributed by atoms with Crippen LogP contribution in [0.2, 0.25) is 0 Å². The van der Waals surface area contributed by atoms with E-state index in [1.807, 2.05) is 13.0 Å². The van der Waals surface area contributed by atoms with E-state index >= 15 is 0 Å². The molecule has 0 heterocycles. The van der Waals surface area contributed by atoms with Gasteiger partial charge in [-0.1, -0.05) is 23.3 Å². The molecular formula is C18H33O5P. The van der Waals surface area contributed by atoms with Crippen molar-refractivity contribution in [3.8, 4) is 0 Å². The first-order valence-corrected chi connectivity index (χ1v) is 10.3. The van der Waals surface area contributed by atoms with Crippen molar-refractivity contribution in [2.24, 2.45) is 0 Å². The number of carbonyl (C=O) groups is 1. The van der Waals surface area contributed by atoms with Crippen molar-refractivity contribution in [3.05, 3.63) is 23.3 Å². The third-order valence-corrected chi connectivity index (χ3v) is 5.76. The van der Waals surface area contributed by atoms with Gasteiger partial charge in [-0.2, -0.15) is 0 Å². The van der Waals surface area contributed by atoms with Crippen molar-refractivity contribution < 1.29 is 23.1 Å². The maximum Gasteiger partial charge on any atom is 0.345 e. The molecule has 1 atom stereocenters. The van der Waals surface area contributed by atoms with Gasteiger partial charge in [0.2, 0.25) is 0 Å². The van der Waals surface area contributed by atoms with Crippen molar-refractivity contribution in [1.82, 2.24) is 0 Å². The highest BCUT2D eigenvalue weighted by atomic mass is 31.2. The SMILES string of the molecule is CCOC(=O)C(C/C=C(\C)CCC=C(C)C)P(=O)(OCC)OCC. The normalized spacial score (nSPS) is 13.5. The van der Waals surface area contributed by atoms with Gasteiger partial charge < -0.3 is 13.8 Å². The summed E-state index contributed by atoms with van der Waals surface area (Å²) in [6.45, 7) is 12.0. The Labute approximate surface area is 147 Å². The van der Waals surface area contributed by atoms with E-state index in [0.29, 0.717) is 0 Å². The van der Waals surface area contributed by atoms with E-state index in [1.165, 1.54) is 5.57 Å². The molecule has 24 heavy (non-hydrogen) atoms. The predicted molar refractivity (Wildman–Crippen MR) is 98.3 cm³/mol. The molecule has 0 saturated heterocycles. The Morgan fingerprint density at radius 1 is 1.00 bits per heavy atom. The molecule has 0 aromatic rings. The maximum absolute atomic E-state index is 13.0. The third kappa shape index (κ3) is 8.81. The second kappa shape index (κ2) is 12.5. The zero-order valence-corrected chi connectivity index (χ0v) is 16.9. The Balaban J connectivity index is 5.17. The van der Waals surface area contributed by atoms with Crippen LogP contribution in [-0.4, -0.2) is 31.4 Å². The molecule has 0 rings (SSSR count). The molecule has 0 spiro atoms. The summed E-state index contributed by atoms with van der Waals surface area (Å²) >= 11 is 0. The van der Waals surface area contributed by atoms with Gasteiger partial charge in [0.1, 0.15) is 0 Å².